The summed E-state index contributed by atoms with van der Waals surface area (Å²) >= 11 is 0. The number of hydrogen-bond acceptors (Lipinski definition) is 3. The number of hydrogen-bond donors (Lipinski definition) is 1. The van der Waals surface area contributed by atoms with Gasteiger partial charge in [-0.1, -0.05) is 36.4 Å². The Hall–Kier alpha value is -2.34. The van der Waals surface area contributed by atoms with Crippen LogP contribution in [0.5, 0.6) is 0 Å². The summed E-state index contributed by atoms with van der Waals surface area (Å²) in [4.78, 5) is 12.5. The van der Waals surface area contributed by atoms with Crippen LogP contribution in [0.3, 0.4) is 0 Å². The molecule has 0 saturated carbocycles. The molecule has 1 amide bonds. The SMILES string of the molecule is CC(NC(=O)c1cccc(N2CCCS2(=O)=O)c1)c1ccccc1. The van der Waals surface area contributed by atoms with Gasteiger partial charge in [-0.05, 0) is 37.1 Å². The summed E-state index contributed by atoms with van der Waals surface area (Å²) in [5.41, 5.74) is 2.02. The molecule has 24 heavy (non-hydrogen) atoms. The van der Waals surface area contributed by atoms with Gasteiger partial charge in [-0.15, -0.1) is 0 Å². The molecule has 1 aliphatic rings. The number of carbonyl (C=O) groups excluding carboxylic acids is 1. The van der Waals surface area contributed by atoms with Crippen LogP contribution in [0.25, 0.3) is 0 Å². The van der Waals surface area contributed by atoms with Gasteiger partial charge in [0.15, 0.2) is 0 Å². The summed E-state index contributed by atoms with van der Waals surface area (Å²) in [7, 11) is -3.25. The van der Waals surface area contributed by atoms with Gasteiger partial charge in [0.05, 0.1) is 17.5 Å². The van der Waals surface area contributed by atoms with Gasteiger partial charge in [-0.25, -0.2) is 8.42 Å². The fraction of sp³-hybridized carbons (Fsp3) is 0.278. The minimum atomic E-state index is -3.25. The topological polar surface area (TPSA) is 66.5 Å². The second kappa shape index (κ2) is 6.65. The van der Waals surface area contributed by atoms with Gasteiger partial charge >= 0.3 is 0 Å². The average Bonchev–Trinajstić information content (AvgIpc) is 2.95. The fourth-order valence-electron chi connectivity index (χ4n) is 2.84. The highest BCUT2D eigenvalue weighted by Crippen LogP contribution is 2.25. The van der Waals surface area contributed by atoms with Crippen LogP contribution in [0.15, 0.2) is 54.6 Å². The second-order valence-electron chi connectivity index (χ2n) is 5.90. The molecule has 6 heteroatoms. The molecule has 0 bridgehead atoms. The molecular formula is C18H20N2O3S. The van der Waals surface area contributed by atoms with Crippen molar-refractivity contribution < 1.29 is 13.2 Å². The van der Waals surface area contributed by atoms with Gasteiger partial charge in [0.2, 0.25) is 10.0 Å². The molecule has 2 aromatic rings. The average molecular weight is 344 g/mol. The third kappa shape index (κ3) is 3.43. The van der Waals surface area contributed by atoms with Gasteiger partial charge in [-0.2, -0.15) is 0 Å². The highest BCUT2D eigenvalue weighted by Gasteiger charge is 2.28. The number of nitrogens with one attached hydrogen (secondary N) is 1. The Kier molecular flexibility index (Phi) is 4.57. The Morgan fingerprint density at radius 3 is 2.54 bits per heavy atom. The normalized spacial score (nSPS) is 17.5. The molecule has 0 spiro atoms. The predicted octanol–water partition coefficient (Wildman–Crippen LogP) is 2.72. The summed E-state index contributed by atoms with van der Waals surface area (Å²) in [5.74, 6) is -0.0566. The largest absolute Gasteiger partial charge is 0.346 e. The maximum Gasteiger partial charge on any atom is 0.251 e. The molecule has 1 fully saturated rings. The van der Waals surface area contributed by atoms with Crippen molar-refractivity contribution in [3.8, 4) is 0 Å². The molecule has 1 N–H and O–H groups in total. The van der Waals surface area contributed by atoms with Gasteiger partial charge in [0.25, 0.3) is 5.91 Å². The van der Waals surface area contributed by atoms with Gasteiger partial charge in [0.1, 0.15) is 0 Å². The molecule has 3 rings (SSSR count). The van der Waals surface area contributed by atoms with Crippen molar-refractivity contribution in [2.75, 3.05) is 16.6 Å². The molecule has 0 radical (unpaired) electrons. The van der Waals surface area contributed by atoms with Crippen molar-refractivity contribution in [2.24, 2.45) is 0 Å². The van der Waals surface area contributed by atoms with E-state index in [4.69, 9.17) is 0 Å². The molecule has 0 aromatic heterocycles. The van der Waals surface area contributed by atoms with E-state index in [9.17, 15) is 13.2 Å². The van der Waals surface area contributed by atoms with Crippen molar-refractivity contribution in [1.29, 1.82) is 0 Å². The first-order chi connectivity index (χ1) is 11.5. The van der Waals surface area contributed by atoms with E-state index < -0.39 is 10.0 Å². The maximum atomic E-state index is 12.5. The predicted molar refractivity (Wildman–Crippen MR) is 94.5 cm³/mol. The summed E-state index contributed by atoms with van der Waals surface area (Å²) in [5, 5.41) is 2.94. The fourth-order valence-corrected chi connectivity index (χ4v) is 4.39. The van der Waals surface area contributed by atoms with E-state index in [-0.39, 0.29) is 17.7 Å². The Morgan fingerprint density at radius 2 is 1.88 bits per heavy atom. The molecule has 1 heterocycles. The Morgan fingerprint density at radius 1 is 1.12 bits per heavy atom. The second-order valence-corrected chi connectivity index (χ2v) is 7.91. The number of sulfonamides is 1. The quantitative estimate of drug-likeness (QED) is 0.927. The van der Waals surface area contributed by atoms with Crippen LogP contribution in [0.2, 0.25) is 0 Å². The standard InChI is InChI=1S/C18H20N2O3S/c1-14(15-7-3-2-4-8-15)19-18(21)16-9-5-10-17(13-16)20-11-6-12-24(20,22)23/h2-5,7-10,13-14H,6,11-12H2,1H3,(H,19,21). The van der Waals surface area contributed by atoms with E-state index in [1.807, 2.05) is 37.3 Å². The van der Waals surface area contributed by atoms with Crippen molar-refractivity contribution in [3.63, 3.8) is 0 Å². The zero-order chi connectivity index (χ0) is 17.2. The number of carbonyl (C=O) groups is 1. The third-order valence-electron chi connectivity index (χ3n) is 4.14. The van der Waals surface area contributed by atoms with E-state index in [0.29, 0.717) is 24.2 Å². The Balaban J connectivity index is 1.78. The van der Waals surface area contributed by atoms with Crippen molar-refractivity contribution in [2.45, 2.75) is 19.4 Å². The lowest BCUT2D eigenvalue weighted by Gasteiger charge is -2.18. The van der Waals surface area contributed by atoms with E-state index in [1.165, 1.54) is 4.31 Å². The first-order valence-corrected chi connectivity index (χ1v) is 9.54. The number of anilines is 1. The molecule has 1 unspecified atom stereocenters. The van der Waals surface area contributed by atoms with Crippen LogP contribution in [0.1, 0.15) is 35.3 Å². The highest BCUT2D eigenvalue weighted by atomic mass is 32.2. The summed E-state index contributed by atoms with van der Waals surface area (Å²) in [6.07, 6.45) is 0.615. The van der Waals surface area contributed by atoms with Gasteiger partial charge in [-0.3, -0.25) is 9.10 Å². The minimum Gasteiger partial charge on any atom is -0.346 e. The van der Waals surface area contributed by atoms with Crippen LogP contribution in [-0.4, -0.2) is 26.6 Å². The Labute approximate surface area is 142 Å². The molecule has 2 aromatic carbocycles. The lowest BCUT2D eigenvalue weighted by atomic mass is 10.1. The van der Waals surface area contributed by atoms with Crippen LogP contribution in [0, 0.1) is 0 Å². The van der Waals surface area contributed by atoms with Crippen molar-refractivity contribution >= 4 is 21.6 Å². The Bertz CT molecular complexity index is 834. The summed E-state index contributed by atoms with van der Waals surface area (Å²) < 4.78 is 25.4. The van der Waals surface area contributed by atoms with Crippen molar-refractivity contribution in [3.05, 3.63) is 65.7 Å². The molecular weight excluding hydrogens is 324 g/mol. The first kappa shape index (κ1) is 16.5. The number of benzene rings is 2. The summed E-state index contributed by atoms with van der Waals surface area (Å²) in [6.45, 7) is 2.38. The zero-order valence-electron chi connectivity index (χ0n) is 13.5. The maximum absolute atomic E-state index is 12.5. The molecule has 1 atom stereocenters. The monoisotopic (exact) mass is 344 g/mol. The van der Waals surface area contributed by atoms with Gasteiger partial charge in [0, 0.05) is 12.1 Å². The number of amides is 1. The van der Waals surface area contributed by atoms with Gasteiger partial charge < -0.3 is 5.32 Å². The highest BCUT2D eigenvalue weighted by molar-refractivity contribution is 7.93. The van der Waals surface area contributed by atoms with E-state index in [0.717, 1.165) is 5.56 Å². The zero-order valence-corrected chi connectivity index (χ0v) is 14.3. The molecule has 1 aliphatic heterocycles. The molecule has 1 saturated heterocycles. The molecule has 5 nitrogen and oxygen atoms in total. The van der Waals surface area contributed by atoms with Crippen LogP contribution in [0.4, 0.5) is 5.69 Å². The lowest BCUT2D eigenvalue weighted by Crippen LogP contribution is -2.28. The van der Waals surface area contributed by atoms with Crippen LogP contribution >= 0.6 is 0 Å². The third-order valence-corrected chi connectivity index (χ3v) is 6.01. The summed E-state index contributed by atoms with van der Waals surface area (Å²) in [6, 6.07) is 16.3. The molecule has 0 aliphatic carbocycles. The van der Waals surface area contributed by atoms with E-state index >= 15 is 0 Å². The van der Waals surface area contributed by atoms with Crippen LogP contribution < -0.4 is 9.62 Å². The number of rotatable bonds is 4. The lowest BCUT2D eigenvalue weighted by molar-refractivity contribution is 0.0940. The first-order valence-electron chi connectivity index (χ1n) is 7.94. The van der Waals surface area contributed by atoms with E-state index in [2.05, 4.69) is 5.32 Å². The number of nitrogens with zero attached hydrogens (tertiary/aromatic N) is 1. The van der Waals surface area contributed by atoms with Crippen molar-refractivity contribution in [1.82, 2.24) is 5.32 Å². The minimum absolute atomic E-state index is 0.127. The van der Waals surface area contributed by atoms with Crippen LogP contribution in [-0.2, 0) is 10.0 Å². The smallest absolute Gasteiger partial charge is 0.251 e. The molecule has 126 valence electrons. The van der Waals surface area contributed by atoms with E-state index in [1.54, 1.807) is 24.3 Å².